The number of hydrogen-bond acceptors (Lipinski definition) is 3. The molecule has 0 aliphatic heterocycles. The molecule has 0 saturated heterocycles. The second-order valence-corrected chi connectivity index (χ2v) is 2.23. The molecular weight excluding hydrogens is 182 g/mol. The van der Waals surface area contributed by atoms with E-state index in [-0.39, 0.29) is 24.7 Å². The lowest BCUT2D eigenvalue weighted by Crippen LogP contribution is -2.39. The van der Waals surface area contributed by atoms with Crippen LogP contribution >= 0.6 is 12.4 Å². The molecule has 0 rings (SSSR count). The number of amides is 2. The highest BCUT2D eigenvalue weighted by atomic mass is 35.5. The molecule has 0 bridgehead atoms. The van der Waals surface area contributed by atoms with Gasteiger partial charge in [0.1, 0.15) is 0 Å². The lowest BCUT2D eigenvalue weighted by atomic mass is 10.1. The first-order valence-corrected chi connectivity index (χ1v) is 3.33. The Balaban J connectivity index is 0. The Labute approximate surface area is 77.3 Å². The standard InChI is InChI=1S/C6H13N3O2.ClH/c1-9-6(11)4(7)2-3-5(8)10;/h4H,2-3,7H2,1H3,(H2,8,10)(H,9,11);1H/t4-;/m0./s1. The molecule has 0 fully saturated rings. The predicted octanol–water partition coefficient (Wildman–Crippen LogP) is -1.25. The van der Waals surface area contributed by atoms with E-state index >= 15 is 0 Å². The van der Waals surface area contributed by atoms with Crippen molar-refractivity contribution in [1.82, 2.24) is 5.32 Å². The molecule has 2 amide bonds. The number of hydrogen-bond donors (Lipinski definition) is 3. The van der Waals surface area contributed by atoms with E-state index < -0.39 is 11.9 Å². The maximum absolute atomic E-state index is 10.7. The molecule has 0 spiro atoms. The SMILES string of the molecule is CNC(=O)[C@@H](N)CCC(N)=O.Cl. The summed E-state index contributed by atoms with van der Waals surface area (Å²) in [6, 6.07) is -0.632. The third kappa shape index (κ3) is 5.94. The van der Waals surface area contributed by atoms with E-state index in [2.05, 4.69) is 5.32 Å². The minimum absolute atomic E-state index is 0. The Bertz CT molecular complexity index is 163. The average Bonchev–Trinajstić information content (AvgIpc) is 1.98. The van der Waals surface area contributed by atoms with Crippen molar-refractivity contribution in [3.63, 3.8) is 0 Å². The molecule has 12 heavy (non-hydrogen) atoms. The van der Waals surface area contributed by atoms with Crippen LogP contribution in [0.5, 0.6) is 0 Å². The molecule has 6 heteroatoms. The number of halogens is 1. The van der Waals surface area contributed by atoms with Gasteiger partial charge in [-0.2, -0.15) is 0 Å². The molecule has 0 aliphatic carbocycles. The van der Waals surface area contributed by atoms with E-state index in [9.17, 15) is 9.59 Å². The Kier molecular flexibility index (Phi) is 7.88. The molecule has 5 nitrogen and oxygen atoms in total. The average molecular weight is 196 g/mol. The highest BCUT2D eigenvalue weighted by Crippen LogP contribution is 1.92. The third-order valence-electron chi connectivity index (χ3n) is 1.28. The first-order valence-electron chi connectivity index (χ1n) is 3.33. The summed E-state index contributed by atoms with van der Waals surface area (Å²) >= 11 is 0. The highest BCUT2D eigenvalue weighted by Gasteiger charge is 2.11. The van der Waals surface area contributed by atoms with Gasteiger partial charge in [0.25, 0.3) is 0 Å². The van der Waals surface area contributed by atoms with Crippen LogP contribution < -0.4 is 16.8 Å². The smallest absolute Gasteiger partial charge is 0.236 e. The first kappa shape index (κ1) is 13.8. The van der Waals surface area contributed by atoms with Crippen LogP contribution in [0.1, 0.15) is 12.8 Å². The minimum Gasteiger partial charge on any atom is -0.370 e. The summed E-state index contributed by atoms with van der Waals surface area (Å²) in [5.74, 6) is -0.712. The Hall–Kier alpha value is -0.810. The van der Waals surface area contributed by atoms with Crippen molar-refractivity contribution in [3.05, 3.63) is 0 Å². The number of likely N-dealkylation sites (N-methyl/N-ethyl adjacent to an activating group) is 1. The highest BCUT2D eigenvalue weighted by molar-refractivity contribution is 5.85. The number of nitrogens with one attached hydrogen (secondary N) is 1. The number of primary amides is 1. The van der Waals surface area contributed by atoms with Gasteiger partial charge in [-0.05, 0) is 6.42 Å². The van der Waals surface area contributed by atoms with Gasteiger partial charge in [0.05, 0.1) is 6.04 Å². The molecule has 0 heterocycles. The zero-order valence-electron chi connectivity index (χ0n) is 6.87. The van der Waals surface area contributed by atoms with Crippen LogP contribution in [0.2, 0.25) is 0 Å². The largest absolute Gasteiger partial charge is 0.370 e. The monoisotopic (exact) mass is 195 g/mol. The fraction of sp³-hybridized carbons (Fsp3) is 0.667. The van der Waals surface area contributed by atoms with Gasteiger partial charge in [-0.1, -0.05) is 0 Å². The van der Waals surface area contributed by atoms with Gasteiger partial charge >= 0.3 is 0 Å². The van der Waals surface area contributed by atoms with Crippen molar-refractivity contribution >= 4 is 24.2 Å². The first-order chi connectivity index (χ1) is 5.07. The van der Waals surface area contributed by atoms with Crippen LogP contribution in [0.4, 0.5) is 0 Å². The zero-order chi connectivity index (χ0) is 8.85. The summed E-state index contributed by atoms with van der Waals surface area (Å²) in [7, 11) is 1.49. The molecule has 1 atom stereocenters. The number of nitrogens with two attached hydrogens (primary N) is 2. The lowest BCUT2D eigenvalue weighted by Gasteiger charge is -2.07. The summed E-state index contributed by atoms with van der Waals surface area (Å²) in [5, 5.41) is 2.37. The Morgan fingerprint density at radius 2 is 2.00 bits per heavy atom. The summed E-state index contributed by atoms with van der Waals surface area (Å²) in [4.78, 5) is 21.0. The van der Waals surface area contributed by atoms with Crippen molar-refractivity contribution in [2.24, 2.45) is 11.5 Å². The van der Waals surface area contributed by atoms with Crippen molar-refractivity contribution < 1.29 is 9.59 Å². The second-order valence-electron chi connectivity index (χ2n) is 2.23. The summed E-state index contributed by atoms with van der Waals surface area (Å²) in [6.45, 7) is 0. The quantitative estimate of drug-likeness (QED) is 0.523. The van der Waals surface area contributed by atoms with E-state index in [1.165, 1.54) is 7.05 Å². The van der Waals surface area contributed by atoms with Gasteiger partial charge in [-0.3, -0.25) is 9.59 Å². The van der Waals surface area contributed by atoms with E-state index in [4.69, 9.17) is 11.5 Å². The second kappa shape index (κ2) is 6.87. The molecule has 0 radical (unpaired) electrons. The normalized spacial score (nSPS) is 11.2. The number of carbonyl (C=O) groups excluding carboxylic acids is 2. The van der Waals surface area contributed by atoms with Gasteiger partial charge in [-0.15, -0.1) is 12.4 Å². The van der Waals surface area contributed by atoms with Crippen molar-refractivity contribution in [2.45, 2.75) is 18.9 Å². The van der Waals surface area contributed by atoms with Gasteiger partial charge in [0, 0.05) is 13.5 Å². The van der Waals surface area contributed by atoms with Crippen LogP contribution in [0.15, 0.2) is 0 Å². The number of rotatable bonds is 4. The van der Waals surface area contributed by atoms with Crippen LogP contribution in [0.25, 0.3) is 0 Å². The van der Waals surface area contributed by atoms with Gasteiger partial charge < -0.3 is 16.8 Å². The molecule has 0 aromatic carbocycles. The minimum atomic E-state index is -0.632. The van der Waals surface area contributed by atoms with Crippen molar-refractivity contribution in [2.75, 3.05) is 7.05 Å². The molecule has 0 aromatic rings. The number of carbonyl (C=O) groups is 2. The maximum Gasteiger partial charge on any atom is 0.236 e. The van der Waals surface area contributed by atoms with Gasteiger partial charge in [-0.25, -0.2) is 0 Å². The fourth-order valence-electron chi connectivity index (χ4n) is 0.614. The fourth-order valence-corrected chi connectivity index (χ4v) is 0.614. The van der Waals surface area contributed by atoms with Crippen LogP contribution in [-0.4, -0.2) is 24.9 Å². The van der Waals surface area contributed by atoms with Crippen molar-refractivity contribution in [3.8, 4) is 0 Å². The third-order valence-corrected chi connectivity index (χ3v) is 1.28. The van der Waals surface area contributed by atoms with Crippen LogP contribution in [0, 0.1) is 0 Å². The van der Waals surface area contributed by atoms with Crippen molar-refractivity contribution in [1.29, 1.82) is 0 Å². The summed E-state index contributed by atoms with van der Waals surface area (Å²) in [5.41, 5.74) is 10.2. The Morgan fingerprint density at radius 3 is 2.33 bits per heavy atom. The van der Waals surface area contributed by atoms with Gasteiger partial charge in [0.2, 0.25) is 11.8 Å². The summed E-state index contributed by atoms with van der Waals surface area (Å²) in [6.07, 6.45) is 0.448. The van der Waals surface area contributed by atoms with E-state index in [1.54, 1.807) is 0 Å². The predicted molar refractivity (Wildman–Crippen MR) is 47.7 cm³/mol. The van der Waals surface area contributed by atoms with Crippen LogP contribution in [-0.2, 0) is 9.59 Å². The molecule has 72 valence electrons. The van der Waals surface area contributed by atoms with E-state index in [0.29, 0.717) is 6.42 Å². The molecule has 0 saturated carbocycles. The van der Waals surface area contributed by atoms with E-state index in [0.717, 1.165) is 0 Å². The molecule has 0 aromatic heterocycles. The molecule has 5 N–H and O–H groups in total. The lowest BCUT2D eigenvalue weighted by molar-refractivity contribution is -0.122. The molecular formula is C6H14ClN3O2. The zero-order valence-corrected chi connectivity index (χ0v) is 7.69. The van der Waals surface area contributed by atoms with Crippen LogP contribution in [0.3, 0.4) is 0 Å². The van der Waals surface area contributed by atoms with E-state index in [1.807, 2.05) is 0 Å². The maximum atomic E-state index is 10.7. The Morgan fingerprint density at radius 1 is 1.50 bits per heavy atom. The summed E-state index contributed by atoms with van der Waals surface area (Å²) < 4.78 is 0. The topological polar surface area (TPSA) is 98.2 Å². The van der Waals surface area contributed by atoms with Gasteiger partial charge in [0.15, 0.2) is 0 Å². The molecule has 0 unspecified atom stereocenters. The molecule has 0 aliphatic rings.